The summed E-state index contributed by atoms with van der Waals surface area (Å²) in [5.74, 6) is 0.784. The van der Waals surface area contributed by atoms with Gasteiger partial charge in [0.05, 0.1) is 11.0 Å². The summed E-state index contributed by atoms with van der Waals surface area (Å²) in [5.41, 5.74) is 9.39. The van der Waals surface area contributed by atoms with Crippen LogP contribution in [0, 0.1) is 0 Å². The van der Waals surface area contributed by atoms with E-state index in [0.29, 0.717) is 11.7 Å². The maximum Gasteiger partial charge on any atom is 0.300 e. The number of hydrogen-bond acceptors (Lipinski definition) is 3. The lowest BCUT2D eigenvalue weighted by atomic mass is 10.2. The number of aryl methyl sites for hydroxylation is 1. The normalized spacial score (nSPS) is 10.8. The fourth-order valence-electron chi connectivity index (χ4n) is 1.99. The molecule has 96 valence electrons. The molecule has 0 atom stereocenters. The Morgan fingerprint density at radius 2 is 2.11 bits per heavy atom. The summed E-state index contributed by atoms with van der Waals surface area (Å²) in [6.07, 6.45) is 0.980. The Kier molecular flexibility index (Phi) is 2.83. The van der Waals surface area contributed by atoms with E-state index in [-0.39, 0.29) is 0 Å². The van der Waals surface area contributed by atoms with E-state index in [9.17, 15) is 0 Å². The highest BCUT2D eigenvalue weighted by molar-refractivity contribution is 5.79. The summed E-state index contributed by atoms with van der Waals surface area (Å²) in [7, 11) is 0. The number of benzene rings is 2. The van der Waals surface area contributed by atoms with Crippen molar-refractivity contribution < 1.29 is 4.74 Å². The first-order valence-corrected chi connectivity index (χ1v) is 6.26. The predicted octanol–water partition coefficient (Wildman–Crippen LogP) is 3.50. The number of H-pyrrole nitrogens is 1. The van der Waals surface area contributed by atoms with Crippen LogP contribution in [0.15, 0.2) is 42.5 Å². The number of nitrogens with zero attached hydrogens (tertiary/aromatic N) is 1. The van der Waals surface area contributed by atoms with Crippen molar-refractivity contribution in [3.8, 4) is 11.8 Å². The van der Waals surface area contributed by atoms with Crippen LogP contribution < -0.4 is 10.5 Å². The first-order valence-electron chi connectivity index (χ1n) is 6.26. The molecule has 3 rings (SSSR count). The van der Waals surface area contributed by atoms with Crippen LogP contribution in [-0.2, 0) is 6.42 Å². The molecular formula is C15H15N3O. The van der Waals surface area contributed by atoms with Gasteiger partial charge in [0.1, 0.15) is 5.75 Å². The van der Waals surface area contributed by atoms with Crippen LogP contribution in [0.3, 0.4) is 0 Å². The highest BCUT2D eigenvalue weighted by Gasteiger charge is 2.05. The molecular weight excluding hydrogens is 238 g/mol. The standard InChI is InChI=1S/C15H15N3O/c1-2-10-4-3-5-12(8-10)19-15-17-13-7-6-11(16)9-14(13)18-15/h3-9H,2,16H2,1H3,(H,17,18). The molecule has 2 aromatic carbocycles. The molecule has 0 unspecified atom stereocenters. The zero-order chi connectivity index (χ0) is 13.2. The number of nitrogen functional groups attached to an aromatic ring is 1. The number of hydrogen-bond donors (Lipinski definition) is 2. The number of rotatable bonds is 3. The van der Waals surface area contributed by atoms with Gasteiger partial charge in [-0.15, -0.1) is 0 Å². The van der Waals surface area contributed by atoms with Gasteiger partial charge in [-0.2, -0.15) is 4.98 Å². The topological polar surface area (TPSA) is 63.9 Å². The van der Waals surface area contributed by atoms with E-state index in [1.807, 2.05) is 36.4 Å². The number of ether oxygens (including phenoxy) is 1. The molecule has 1 heterocycles. The minimum absolute atomic E-state index is 0.480. The molecule has 3 N–H and O–H groups in total. The molecule has 0 spiro atoms. The van der Waals surface area contributed by atoms with E-state index < -0.39 is 0 Å². The molecule has 19 heavy (non-hydrogen) atoms. The number of nitrogens with one attached hydrogen (secondary N) is 1. The molecule has 0 aliphatic heterocycles. The Hall–Kier alpha value is -2.49. The van der Waals surface area contributed by atoms with Crippen LogP contribution in [0.1, 0.15) is 12.5 Å². The average Bonchev–Trinajstić information content (AvgIpc) is 2.80. The van der Waals surface area contributed by atoms with Gasteiger partial charge in [-0.1, -0.05) is 19.1 Å². The van der Waals surface area contributed by atoms with Gasteiger partial charge in [-0.3, -0.25) is 0 Å². The van der Waals surface area contributed by atoms with Crippen molar-refractivity contribution in [2.75, 3.05) is 5.73 Å². The number of imidazole rings is 1. The van der Waals surface area contributed by atoms with E-state index in [4.69, 9.17) is 10.5 Å². The Labute approximate surface area is 111 Å². The van der Waals surface area contributed by atoms with E-state index >= 15 is 0 Å². The molecule has 4 nitrogen and oxygen atoms in total. The zero-order valence-corrected chi connectivity index (χ0v) is 10.7. The van der Waals surface area contributed by atoms with Gasteiger partial charge in [0.25, 0.3) is 6.01 Å². The quantitative estimate of drug-likeness (QED) is 0.702. The lowest BCUT2D eigenvalue weighted by Crippen LogP contribution is -1.87. The zero-order valence-electron chi connectivity index (χ0n) is 10.7. The van der Waals surface area contributed by atoms with Gasteiger partial charge in [0.2, 0.25) is 0 Å². The predicted molar refractivity (Wildman–Crippen MR) is 76.4 cm³/mol. The molecule has 0 radical (unpaired) electrons. The van der Waals surface area contributed by atoms with Crippen LogP contribution >= 0.6 is 0 Å². The minimum atomic E-state index is 0.480. The molecule has 4 heteroatoms. The SMILES string of the molecule is CCc1cccc(Oc2nc3ccc(N)cc3[nH]2)c1. The number of anilines is 1. The monoisotopic (exact) mass is 253 g/mol. The summed E-state index contributed by atoms with van der Waals surface area (Å²) in [5, 5.41) is 0. The van der Waals surface area contributed by atoms with E-state index in [0.717, 1.165) is 23.2 Å². The van der Waals surface area contributed by atoms with Crippen molar-refractivity contribution in [2.24, 2.45) is 0 Å². The average molecular weight is 253 g/mol. The summed E-state index contributed by atoms with van der Waals surface area (Å²) in [6, 6.07) is 14.0. The molecule has 0 saturated carbocycles. The highest BCUT2D eigenvalue weighted by atomic mass is 16.5. The molecule has 1 aromatic heterocycles. The van der Waals surface area contributed by atoms with Crippen molar-refractivity contribution in [1.29, 1.82) is 0 Å². The molecule has 0 bridgehead atoms. The number of fused-ring (bicyclic) bond motifs is 1. The smallest absolute Gasteiger partial charge is 0.300 e. The van der Waals surface area contributed by atoms with Crippen molar-refractivity contribution in [3.05, 3.63) is 48.0 Å². The second-order valence-electron chi connectivity index (χ2n) is 4.42. The molecule has 0 saturated heterocycles. The minimum Gasteiger partial charge on any atom is -0.426 e. The van der Waals surface area contributed by atoms with Crippen LogP contribution in [0.4, 0.5) is 5.69 Å². The van der Waals surface area contributed by atoms with E-state index in [2.05, 4.69) is 23.0 Å². The first-order chi connectivity index (χ1) is 9.24. The van der Waals surface area contributed by atoms with E-state index in [1.165, 1.54) is 5.56 Å². The summed E-state index contributed by atoms with van der Waals surface area (Å²) in [6.45, 7) is 2.11. The Bertz CT molecular complexity index is 718. The van der Waals surface area contributed by atoms with Gasteiger partial charge in [0, 0.05) is 5.69 Å². The maximum absolute atomic E-state index is 5.74. The third kappa shape index (κ3) is 2.38. The van der Waals surface area contributed by atoms with Gasteiger partial charge < -0.3 is 15.5 Å². The largest absolute Gasteiger partial charge is 0.426 e. The van der Waals surface area contributed by atoms with Crippen molar-refractivity contribution in [2.45, 2.75) is 13.3 Å². The third-order valence-electron chi connectivity index (χ3n) is 3.01. The van der Waals surface area contributed by atoms with Crippen LogP contribution in [0.5, 0.6) is 11.8 Å². The Morgan fingerprint density at radius 3 is 2.95 bits per heavy atom. The Morgan fingerprint density at radius 1 is 1.21 bits per heavy atom. The van der Waals surface area contributed by atoms with Crippen molar-refractivity contribution in [3.63, 3.8) is 0 Å². The van der Waals surface area contributed by atoms with Gasteiger partial charge in [0.15, 0.2) is 0 Å². The van der Waals surface area contributed by atoms with Crippen LogP contribution in [0.25, 0.3) is 11.0 Å². The Balaban J connectivity index is 1.92. The summed E-state index contributed by atoms with van der Waals surface area (Å²) in [4.78, 5) is 7.48. The second-order valence-corrected chi connectivity index (χ2v) is 4.42. The third-order valence-corrected chi connectivity index (χ3v) is 3.01. The highest BCUT2D eigenvalue weighted by Crippen LogP contribution is 2.23. The van der Waals surface area contributed by atoms with Crippen LogP contribution in [0.2, 0.25) is 0 Å². The van der Waals surface area contributed by atoms with Gasteiger partial charge in [-0.05, 0) is 42.3 Å². The summed E-state index contributed by atoms with van der Waals surface area (Å²) >= 11 is 0. The molecule has 3 aromatic rings. The number of aromatic nitrogens is 2. The van der Waals surface area contributed by atoms with E-state index in [1.54, 1.807) is 0 Å². The first kappa shape index (κ1) is 11.6. The summed E-state index contributed by atoms with van der Waals surface area (Å²) < 4.78 is 5.74. The fourth-order valence-corrected chi connectivity index (χ4v) is 1.99. The molecule has 0 amide bonds. The van der Waals surface area contributed by atoms with Crippen molar-refractivity contribution >= 4 is 16.7 Å². The second kappa shape index (κ2) is 4.65. The van der Waals surface area contributed by atoms with Crippen LogP contribution in [-0.4, -0.2) is 9.97 Å². The van der Waals surface area contributed by atoms with Crippen molar-refractivity contribution in [1.82, 2.24) is 9.97 Å². The van der Waals surface area contributed by atoms with Gasteiger partial charge in [-0.25, -0.2) is 0 Å². The van der Waals surface area contributed by atoms with Gasteiger partial charge >= 0.3 is 0 Å². The lowest BCUT2D eigenvalue weighted by Gasteiger charge is -2.03. The maximum atomic E-state index is 5.74. The number of aromatic amines is 1. The fraction of sp³-hybridized carbons (Fsp3) is 0.133. The molecule has 0 aliphatic rings. The molecule has 0 aliphatic carbocycles. The number of nitrogens with two attached hydrogens (primary N) is 1. The molecule has 0 fully saturated rings. The lowest BCUT2D eigenvalue weighted by molar-refractivity contribution is 0.449.